The molecular weight excluding hydrogens is 357 g/mol. The SMILES string of the molecule is C.CN(CCCl)CCCl.CN(CCO)CCO.OCCNCCO. The van der Waals surface area contributed by atoms with Crippen molar-refractivity contribution < 1.29 is 20.4 Å². The van der Waals surface area contributed by atoms with Gasteiger partial charge in [0.1, 0.15) is 0 Å². The van der Waals surface area contributed by atoms with Crippen LogP contribution in [0, 0.1) is 0 Å². The number of likely N-dealkylation sites (N-methyl/N-ethyl adjacent to an activating group) is 1. The summed E-state index contributed by atoms with van der Waals surface area (Å²) in [5, 5.41) is 35.8. The third kappa shape index (κ3) is 38.1. The zero-order chi connectivity index (χ0) is 18.3. The summed E-state index contributed by atoms with van der Waals surface area (Å²) in [4.78, 5) is 3.96. The number of nitrogens with zero attached hydrogens (tertiary/aromatic N) is 2. The first-order valence-electron chi connectivity index (χ1n) is 7.67. The van der Waals surface area contributed by atoms with E-state index < -0.39 is 0 Å². The van der Waals surface area contributed by atoms with E-state index in [9.17, 15) is 0 Å². The lowest BCUT2D eigenvalue weighted by atomic mass is 10.5. The van der Waals surface area contributed by atoms with Crippen LogP contribution in [-0.4, -0.2) is 122 Å². The second kappa shape index (κ2) is 31.1. The molecule has 0 aromatic carbocycles. The number of hydrogen-bond donors (Lipinski definition) is 5. The minimum Gasteiger partial charge on any atom is -0.395 e. The molecule has 0 unspecified atom stereocenters. The fourth-order valence-corrected chi connectivity index (χ4v) is 1.71. The third-order valence-corrected chi connectivity index (χ3v) is 2.81. The monoisotopic (exact) mass is 395 g/mol. The van der Waals surface area contributed by atoms with Crippen molar-refractivity contribution in [2.24, 2.45) is 0 Å². The van der Waals surface area contributed by atoms with Gasteiger partial charge >= 0.3 is 0 Å². The number of nitrogens with one attached hydrogen (secondary N) is 1. The summed E-state index contributed by atoms with van der Waals surface area (Å²) in [5.41, 5.74) is 0. The molecule has 0 aromatic heterocycles. The van der Waals surface area contributed by atoms with E-state index in [-0.39, 0.29) is 33.9 Å². The molecule has 9 heteroatoms. The van der Waals surface area contributed by atoms with Crippen LogP contribution in [0.25, 0.3) is 0 Å². The Morgan fingerprint density at radius 2 is 1.00 bits per heavy atom. The van der Waals surface area contributed by atoms with Gasteiger partial charge in [-0.05, 0) is 14.1 Å². The van der Waals surface area contributed by atoms with Gasteiger partial charge in [0, 0.05) is 51.0 Å². The predicted molar refractivity (Wildman–Crippen MR) is 104 cm³/mol. The molecule has 0 rings (SSSR count). The van der Waals surface area contributed by atoms with Gasteiger partial charge in [-0.2, -0.15) is 0 Å². The van der Waals surface area contributed by atoms with Crippen molar-refractivity contribution in [1.82, 2.24) is 15.1 Å². The Hall–Kier alpha value is 0.300. The Kier molecular flexibility index (Phi) is 41.5. The lowest BCUT2D eigenvalue weighted by molar-refractivity contribution is 0.184. The molecule has 0 heterocycles. The van der Waals surface area contributed by atoms with E-state index in [1.807, 2.05) is 19.0 Å². The number of alkyl halides is 2. The number of rotatable bonds is 12. The van der Waals surface area contributed by atoms with Crippen molar-refractivity contribution in [2.45, 2.75) is 7.43 Å². The second-order valence-corrected chi connectivity index (χ2v) is 5.38. The Labute approximate surface area is 158 Å². The van der Waals surface area contributed by atoms with E-state index in [0.29, 0.717) is 37.9 Å². The Balaban J connectivity index is -0.000000123. The second-order valence-electron chi connectivity index (χ2n) is 4.63. The molecular formula is C15H39Cl2N3O4. The molecule has 7 nitrogen and oxygen atoms in total. The zero-order valence-electron chi connectivity index (χ0n) is 14.4. The number of aliphatic hydroxyl groups excluding tert-OH is 4. The molecule has 0 saturated carbocycles. The molecule has 0 amide bonds. The molecule has 24 heavy (non-hydrogen) atoms. The normalized spacial score (nSPS) is 9.75. The van der Waals surface area contributed by atoms with Crippen LogP contribution in [0.1, 0.15) is 7.43 Å². The van der Waals surface area contributed by atoms with E-state index in [4.69, 9.17) is 43.6 Å². The highest BCUT2D eigenvalue weighted by Gasteiger charge is 1.92. The van der Waals surface area contributed by atoms with Crippen LogP contribution < -0.4 is 5.32 Å². The molecule has 0 aliphatic heterocycles. The first-order chi connectivity index (χ1) is 11.0. The number of aliphatic hydroxyl groups is 4. The van der Waals surface area contributed by atoms with Gasteiger partial charge < -0.3 is 35.5 Å². The van der Waals surface area contributed by atoms with Crippen molar-refractivity contribution in [3.8, 4) is 0 Å². The van der Waals surface area contributed by atoms with Gasteiger partial charge in [0.25, 0.3) is 0 Å². The topological polar surface area (TPSA) is 99.4 Å². The summed E-state index contributed by atoms with van der Waals surface area (Å²) in [7, 11) is 3.86. The van der Waals surface area contributed by atoms with Gasteiger partial charge in [-0.3, -0.25) is 0 Å². The summed E-state index contributed by atoms with van der Waals surface area (Å²) in [6.07, 6.45) is 0. The van der Waals surface area contributed by atoms with Crippen LogP contribution in [0.4, 0.5) is 0 Å². The summed E-state index contributed by atoms with van der Waals surface area (Å²) in [5.74, 6) is 1.38. The largest absolute Gasteiger partial charge is 0.395 e. The van der Waals surface area contributed by atoms with Crippen LogP contribution in [-0.2, 0) is 0 Å². The molecule has 0 spiro atoms. The van der Waals surface area contributed by atoms with E-state index in [0.717, 1.165) is 13.1 Å². The molecule has 0 atom stereocenters. The fourth-order valence-electron chi connectivity index (χ4n) is 1.14. The lowest BCUT2D eigenvalue weighted by Crippen LogP contribution is -2.25. The van der Waals surface area contributed by atoms with Crippen molar-refractivity contribution in [3.05, 3.63) is 0 Å². The zero-order valence-corrected chi connectivity index (χ0v) is 15.9. The molecule has 0 aliphatic carbocycles. The number of hydrogen-bond acceptors (Lipinski definition) is 7. The molecule has 0 saturated heterocycles. The molecule has 0 bridgehead atoms. The van der Waals surface area contributed by atoms with Gasteiger partial charge in [0.15, 0.2) is 0 Å². The first-order valence-corrected chi connectivity index (χ1v) is 8.73. The standard InChI is InChI=1S/C5H11Cl2N.C5H13NO2.C4H11NO2.CH4/c1-8(4-2-6)5-3-7;1-6(2-4-7)3-5-8;6-3-1-5-2-4-7;/h2-5H2,1H3;7-8H,2-5H2,1H3;5-7H,1-4H2;1H4. The third-order valence-electron chi connectivity index (χ3n) is 2.47. The maximum Gasteiger partial charge on any atom is 0.0558 e. The Morgan fingerprint density at radius 3 is 1.25 bits per heavy atom. The highest BCUT2D eigenvalue weighted by molar-refractivity contribution is 6.18. The summed E-state index contributed by atoms with van der Waals surface area (Å²) >= 11 is 10.9. The highest BCUT2D eigenvalue weighted by atomic mass is 35.5. The van der Waals surface area contributed by atoms with Crippen LogP contribution >= 0.6 is 23.2 Å². The van der Waals surface area contributed by atoms with Gasteiger partial charge in [0.2, 0.25) is 0 Å². The minimum atomic E-state index is 0. The van der Waals surface area contributed by atoms with Crippen molar-refractivity contribution in [1.29, 1.82) is 0 Å². The van der Waals surface area contributed by atoms with E-state index >= 15 is 0 Å². The van der Waals surface area contributed by atoms with Crippen molar-refractivity contribution in [2.75, 3.05) is 91.6 Å². The quantitative estimate of drug-likeness (QED) is 0.224. The maximum atomic E-state index is 8.34. The average molecular weight is 396 g/mol. The van der Waals surface area contributed by atoms with E-state index in [1.165, 1.54) is 0 Å². The lowest BCUT2D eigenvalue weighted by Gasteiger charge is -2.11. The molecule has 0 fully saturated rings. The van der Waals surface area contributed by atoms with E-state index in [2.05, 4.69) is 10.2 Å². The number of halogens is 2. The molecule has 152 valence electrons. The maximum absolute atomic E-state index is 8.34. The Morgan fingerprint density at radius 1 is 0.667 bits per heavy atom. The van der Waals surface area contributed by atoms with Crippen LogP contribution in [0.3, 0.4) is 0 Å². The summed E-state index contributed by atoms with van der Waals surface area (Å²) in [6, 6.07) is 0. The molecule has 0 radical (unpaired) electrons. The van der Waals surface area contributed by atoms with Gasteiger partial charge in [-0.15, -0.1) is 23.2 Å². The van der Waals surface area contributed by atoms with Crippen LogP contribution in [0.15, 0.2) is 0 Å². The molecule has 0 aromatic rings. The first kappa shape index (κ1) is 32.0. The fraction of sp³-hybridized carbons (Fsp3) is 1.00. The predicted octanol–water partition coefficient (Wildman–Crippen LogP) is -0.505. The van der Waals surface area contributed by atoms with E-state index in [1.54, 1.807) is 0 Å². The molecule has 0 aliphatic rings. The van der Waals surface area contributed by atoms with Crippen molar-refractivity contribution >= 4 is 23.2 Å². The minimum absolute atomic E-state index is 0. The van der Waals surface area contributed by atoms with Crippen LogP contribution in [0.5, 0.6) is 0 Å². The van der Waals surface area contributed by atoms with Crippen molar-refractivity contribution in [3.63, 3.8) is 0 Å². The van der Waals surface area contributed by atoms with Gasteiger partial charge in [0.05, 0.1) is 26.4 Å². The van der Waals surface area contributed by atoms with Gasteiger partial charge in [-0.25, -0.2) is 0 Å². The smallest absolute Gasteiger partial charge is 0.0558 e. The Bertz CT molecular complexity index is 168. The summed E-state index contributed by atoms with van der Waals surface area (Å²) < 4.78 is 0. The van der Waals surface area contributed by atoms with Gasteiger partial charge in [-0.1, -0.05) is 7.43 Å². The average Bonchev–Trinajstić information content (AvgIpc) is 2.50. The van der Waals surface area contributed by atoms with Crippen LogP contribution in [0.2, 0.25) is 0 Å². The molecule has 5 N–H and O–H groups in total. The highest BCUT2D eigenvalue weighted by Crippen LogP contribution is 1.85. The summed E-state index contributed by atoms with van der Waals surface area (Å²) in [6.45, 7) is 4.87.